The van der Waals surface area contributed by atoms with E-state index < -0.39 is 16.1 Å². The third kappa shape index (κ3) is 14.9. The normalized spacial score (nSPS) is 11.8. The van der Waals surface area contributed by atoms with Crippen LogP contribution in [-0.4, -0.2) is 32.6 Å². The van der Waals surface area contributed by atoms with Crippen molar-refractivity contribution in [1.82, 2.24) is 4.98 Å². The molecule has 0 amide bonds. The van der Waals surface area contributed by atoms with Gasteiger partial charge in [-0.25, -0.2) is 15.0 Å². The molecule has 0 aliphatic heterocycles. The molecule has 5 aromatic rings. The molecule has 0 atom stereocenters. The third-order valence-corrected chi connectivity index (χ3v) is 21.1. The maximum atomic E-state index is 6.79. The van der Waals surface area contributed by atoms with Gasteiger partial charge in [-0.3, -0.25) is 0 Å². The van der Waals surface area contributed by atoms with Gasteiger partial charge in [0.15, 0.2) is 0 Å². The number of aromatic nitrogens is 1. The van der Waals surface area contributed by atoms with Crippen molar-refractivity contribution in [2.24, 2.45) is 9.98 Å². The Kier molecular flexibility index (Phi) is 22.3. The predicted molar refractivity (Wildman–Crippen MR) is 264 cm³/mol. The number of rotatable bonds is 14. The van der Waals surface area contributed by atoms with E-state index in [0.29, 0.717) is 5.02 Å². The van der Waals surface area contributed by atoms with Gasteiger partial charge in [0.25, 0.3) is 0 Å². The van der Waals surface area contributed by atoms with E-state index in [1.807, 2.05) is 60.7 Å². The van der Waals surface area contributed by atoms with Gasteiger partial charge in [-0.1, -0.05) is 210 Å². The zero-order valence-corrected chi connectivity index (χ0v) is 41.8. The number of aliphatic imine (C=N–C) groups is 2. The first kappa shape index (κ1) is 51.8. The van der Waals surface area contributed by atoms with Crippen LogP contribution >= 0.6 is 11.6 Å². The molecule has 59 heavy (non-hydrogen) atoms. The van der Waals surface area contributed by atoms with E-state index in [1.54, 1.807) is 0 Å². The van der Waals surface area contributed by atoms with Crippen LogP contribution in [0.15, 0.2) is 113 Å². The number of hydrogen-bond donors (Lipinski definition) is 0. The van der Waals surface area contributed by atoms with E-state index in [-0.39, 0.29) is 17.1 Å². The van der Waals surface area contributed by atoms with Crippen LogP contribution in [-0.2, 0) is 29.9 Å². The van der Waals surface area contributed by atoms with Crippen molar-refractivity contribution in [3.63, 3.8) is 0 Å². The number of aryl methyl sites for hydroxylation is 5. The summed E-state index contributed by atoms with van der Waals surface area (Å²) < 4.78 is 0. The summed E-state index contributed by atoms with van der Waals surface area (Å²) in [7, 11) is -1.84. The molecule has 5 rings (SSSR count). The Morgan fingerprint density at radius 3 is 1.27 bits per heavy atom. The van der Waals surface area contributed by atoms with Gasteiger partial charge in [-0.15, -0.1) is 0 Å². The van der Waals surface area contributed by atoms with Gasteiger partial charge < -0.3 is 13.1 Å². The Morgan fingerprint density at radius 1 is 0.525 bits per heavy atom. The Hall–Kier alpha value is -3.39. The Balaban J connectivity index is 0.000000596. The topological polar surface area (TPSA) is 37.6 Å². The van der Waals surface area contributed by atoms with Crippen LogP contribution in [0.2, 0.25) is 41.3 Å². The van der Waals surface area contributed by atoms with Gasteiger partial charge in [0, 0.05) is 11.1 Å². The quantitative estimate of drug-likeness (QED) is 0.0622. The monoisotopic (exact) mass is 883 g/mol. The molecule has 0 N–H and O–H groups in total. The minimum absolute atomic E-state index is 0. The van der Waals surface area contributed by atoms with E-state index in [2.05, 4.69) is 132 Å². The van der Waals surface area contributed by atoms with Crippen LogP contribution in [0.1, 0.15) is 106 Å². The van der Waals surface area contributed by atoms with Crippen molar-refractivity contribution in [3.05, 3.63) is 172 Å². The van der Waals surface area contributed by atoms with E-state index >= 15 is 0 Å². The summed E-state index contributed by atoms with van der Waals surface area (Å²) in [5, 5.41) is 0.643. The number of pyridine rings is 1. The van der Waals surface area contributed by atoms with E-state index in [4.69, 9.17) is 26.6 Å². The maximum Gasteiger partial charge on any atom is 2.00 e. The molecule has 0 radical (unpaired) electrons. The van der Waals surface area contributed by atoms with Gasteiger partial charge in [0.2, 0.25) is 0 Å². The van der Waals surface area contributed by atoms with Crippen LogP contribution in [0.3, 0.4) is 0 Å². The van der Waals surface area contributed by atoms with Crippen LogP contribution in [0.4, 0.5) is 11.4 Å². The average molecular weight is 885 g/mol. The molecule has 1 heterocycles. The summed E-state index contributed by atoms with van der Waals surface area (Å²) in [6, 6.07) is 43.2. The first-order chi connectivity index (χ1) is 27.7. The van der Waals surface area contributed by atoms with Crippen LogP contribution in [0.25, 0.3) is 0 Å². The fraction of sp³-hybridized carbons (Fsp3) is 0.365. The minimum atomic E-state index is -0.921. The number of hydrogen-bond acceptors (Lipinski definition) is 3. The number of nitrogens with zero attached hydrogens (tertiary/aromatic N) is 3. The molecule has 0 spiro atoms. The van der Waals surface area contributed by atoms with Crippen molar-refractivity contribution >= 4 is 50.5 Å². The summed E-state index contributed by atoms with van der Waals surface area (Å²) in [4.78, 5) is 15.7. The smallest absolute Gasteiger partial charge is 0.342 e. The molecule has 0 aliphatic carbocycles. The molecular formula is C52H70ClFeN3Si2. The molecule has 0 bridgehead atoms. The standard InChI is InChI=1S/C38H36ClN3.2C7H17Si.Fe/c1-6-28-22-25(3)21-27(5)35(28)41-37(30-15-10-8-11-16-30)33-19-14-20-34(40-33)38(31-17-12-9-13-18-31)42-36-29(7-2)23-26(4)24-32(36)39;2*1-5-8(4,6-2)7-3;/h8-24H,6-7H2,1-5H3;2*4-7H2,1-3H3;/q;2*-1;+2. The van der Waals surface area contributed by atoms with Crippen LogP contribution in [0, 0.1) is 33.9 Å². The third-order valence-electron chi connectivity index (χ3n) is 11.8. The minimum Gasteiger partial charge on any atom is -0.342 e. The second kappa shape index (κ2) is 25.4. The zero-order valence-electron chi connectivity index (χ0n) is 38.0. The Bertz CT molecular complexity index is 1930. The van der Waals surface area contributed by atoms with Gasteiger partial charge in [-0.2, -0.15) is 0 Å². The molecular weight excluding hydrogens is 814 g/mol. The predicted octanol–water partition coefficient (Wildman–Crippen LogP) is 15.9. The second-order valence-electron chi connectivity index (χ2n) is 15.7. The Morgan fingerprint density at radius 2 is 0.898 bits per heavy atom. The fourth-order valence-corrected chi connectivity index (χ4v) is 10.2. The molecule has 4 aromatic carbocycles. The van der Waals surface area contributed by atoms with E-state index in [1.165, 1.54) is 47.4 Å². The SMILES string of the molecule is CCc1cc(C)cc(C)c1N=C(c1ccccc1)c1cccc(C(=Nc2c(Cl)cc(C)cc2CC)c2ccccc2)n1.[CH2-][Si](CC)(CC)CC.[CH2-][Si](CC)(CC)CC.[Fe+2]. The van der Waals surface area contributed by atoms with Crippen molar-refractivity contribution in [2.75, 3.05) is 0 Å². The van der Waals surface area contributed by atoms with Crippen molar-refractivity contribution in [1.29, 1.82) is 0 Å². The fourth-order valence-electron chi connectivity index (χ4n) is 6.83. The molecule has 0 saturated carbocycles. The molecule has 0 unspecified atom stereocenters. The number of benzene rings is 4. The average Bonchev–Trinajstić information content (AvgIpc) is 3.25. The molecule has 316 valence electrons. The van der Waals surface area contributed by atoms with Crippen LogP contribution in [0.5, 0.6) is 0 Å². The first-order valence-corrected chi connectivity index (χ1v) is 27.6. The summed E-state index contributed by atoms with van der Waals surface area (Å²) in [6.45, 7) is 32.8. The molecule has 0 aliphatic rings. The van der Waals surface area contributed by atoms with Gasteiger partial charge >= 0.3 is 17.1 Å². The first-order valence-electron chi connectivity index (χ1n) is 21.6. The zero-order chi connectivity index (χ0) is 42.9. The van der Waals surface area contributed by atoms with E-state index in [0.717, 1.165) is 74.8 Å². The molecule has 0 saturated heterocycles. The molecule has 7 heteroatoms. The van der Waals surface area contributed by atoms with Gasteiger partial charge in [-0.05, 0) is 74.1 Å². The van der Waals surface area contributed by atoms with Crippen molar-refractivity contribution < 1.29 is 17.1 Å². The van der Waals surface area contributed by atoms with E-state index in [9.17, 15) is 0 Å². The number of halogens is 1. The van der Waals surface area contributed by atoms with Crippen molar-refractivity contribution in [2.45, 2.75) is 125 Å². The molecule has 3 nitrogen and oxygen atoms in total. The largest absolute Gasteiger partial charge is 2.00 e. The van der Waals surface area contributed by atoms with Crippen LogP contribution < -0.4 is 0 Å². The van der Waals surface area contributed by atoms with Crippen molar-refractivity contribution in [3.8, 4) is 0 Å². The van der Waals surface area contributed by atoms with Gasteiger partial charge in [0.05, 0.1) is 39.2 Å². The Labute approximate surface area is 377 Å². The summed E-state index contributed by atoms with van der Waals surface area (Å²) in [6.07, 6.45) is 1.73. The van der Waals surface area contributed by atoms with Gasteiger partial charge in [0.1, 0.15) is 0 Å². The summed E-state index contributed by atoms with van der Waals surface area (Å²) >= 11 is 6.79. The molecule has 1 aromatic heterocycles. The molecule has 0 fully saturated rings. The maximum absolute atomic E-state index is 6.79. The second-order valence-corrected chi connectivity index (χ2v) is 26.4. The summed E-state index contributed by atoms with van der Waals surface area (Å²) in [5.41, 5.74) is 12.8. The summed E-state index contributed by atoms with van der Waals surface area (Å²) in [5.74, 6) is 0.